The number of nitrogens with one attached hydrogen (secondary N) is 1. The zero-order valence-corrected chi connectivity index (χ0v) is 11.6. The first kappa shape index (κ1) is 13.4. The topological polar surface area (TPSA) is 90.0 Å². The van der Waals surface area contributed by atoms with Gasteiger partial charge in [-0.05, 0) is 32.1 Å². The first-order valence-corrected chi connectivity index (χ1v) is 7.76. The molecule has 2 atom stereocenters. The van der Waals surface area contributed by atoms with Crippen LogP contribution in [0.25, 0.3) is 0 Å². The van der Waals surface area contributed by atoms with E-state index in [-0.39, 0.29) is 16.8 Å². The fourth-order valence-corrected chi connectivity index (χ4v) is 3.74. The standard InChI is InChI=1S/C11H20N4O2S/c1-3-15-7-10(11(12)13-15)18(16,17)14-9-5-4-8(2)6-9/h7-9,14H,3-6H2,1-2H3,(H2,12,13). The lowest BCUT2D eigenvalue weighted by Gasteiger charge is -2.11. The SMILES string of the molecule is CCn1cc(S(=O)(=O)NC2CCC(C)C2)c(N)n1. The lowest BCUT2D eigenvalue weighted by Crippen LogP contribution is -2.33. The molecule has 18 heavy (non-hydrogen) atoms. The molecular weight excluding hydrogens is 252 g/mol. The molecule has 0 radical (unpaired) electrons. The molecule has 0 bridgehead atoms. The summed E-state index contributed by atoms with van der Waals surface area (Å²) in [6.45, 7) is 4.62. The Hall–Kier alpha value is -1.08. The van der Waals surface area contributed by atoms with E-state index in [1.807, 2.05) is 6.92 Å². The third-order valence-electron chi connectivity index (χ3n) is 3.39. The van der Waals surface area contributed by atoms with Crippen LogP contribution >= 0.6 is 0 Å². The summed E-state index contributed by atoms with van der Waals surface area (Å²) in [5, 5.41) is 3.96. The van der Waals surface area contributed by atoms with Crippen molar-refractivity contribution >= 4 is 15.8 Å². The predicted octanol–water partition coefficient (Wildman–Crippen LogP) is 0.952. The second-order valence-electron chi connectivity index (χ2n) is 4.97. The molecular formula is C11H20N4O2S. The Balaban J connectivity index is 2.17. The van der Waals surface area contributed by atoms with E-state index < -0.39 is 10.0 Å². The second kappa shape index (κ2) is 4.89. The summed E-state index contributed by atoms with van der Waals surface area (Å²) in [7, 11) is -3.55. The fraction of sp³-hybridized carbons (Fsp3) is 0.727. The number of aryl methyl sites for hydroxylation is 1. The average molecular weight is 272 g/mol. The smallest absolute Gasteiger partial charge is 0.246 e. The Bertz CT molecular complexity index is 523. The van der Waals surface area contributed by atoms with Crippen LogP contribution in [0.1, 0.15) is 33.1 Å². The summed E-state index contributed by atoms with van der Waals surface area (Å²) in [5.41, 5.74) is 5.65. The highest BCUT2D eigenvalue weighted by Crippen LogP contribution is 2.26. The maximum absolute atomic E-state index is 12.2. The first-order chi connectivity index (χ1) is 8.42. The second-order valence-corrected chi connectivity index (χ2v) is 6.65. The van der Waals surface area contributed by atoms with Gasteiger partial charge in [0.05, 0.1) is 0 Å². The van der Waals surface area contributed by atoms with Crippen molar-refractivity contribution < 1.29 is 8.42 Å². The van der Waals surface area contributed by atoms with Crippen LogP contribution in [0.4, 0.5) is 5.82 Å². The third kappa shape index (κ3) is 2.67. The molecule has 1 aromatic heterocycles. The van der Waals surface area contributed by atoms with E-state index in [0.29, 0.717) is 12.5 Å². The summed E-state index contributed by atoms with van der Waals surface area (Å²) in [5.74, 6) is 0.642. The Labute approximate surface area is 108 Å². The van der Waals surface area contributed by atoms with Crippen molar-refractivity contribution in [3.05, 3.63) is 6.20 Å². The monoisotopic (exact) mass is 272 g/mol. The molecule has 0 aromatic carbocycles. The van der Waals surface area contributed by atoms with Crippen LogP contribution in [-0.4, -0.2) is 24.2 Å². The third-order valence-corrected chi connectivity index (χ3v) is 4.92. The highest BCUT2D eigenvalue weighted by molar-refractivity contribution is 7.89. The van der Waals surface area contributed by atoms with Gasteiger partial charge in [0.15, 0.2) is 5.82 Å². The van der Waals surface area contributed by atoms with Gasteiger partial charge >= 0.3 is 0 Å². The van der Waals surface area contributed by atoms with Crippen molar-refractivity contribution in [2.75, 3.05) is 5.73 Å². The first-order valence-electron chi connectivity index (χ1n) is 6.27. The molecule has 1 fully saturated rings. The lowest BCUT2D eigenvalue weighted by atomic mass is 10.1. The van der Waals surface area contributed by atoms with Crippen molar-refractivity contribution in [3.8, 4) is 0 Å². The quantitative estimate of drug-likeness (QED) is 0.854. The van der Waals surface area contributed by atoms with Gasteiger partial charge in [-0.1, -0.05) is 6.92 Å². The molecule has 2 unspecified atom stereocenters. The number of anilines is 1. The van der Waals surface area contributed by atoms with E-state index in [1.165, 1.54) is 10.9 Å². The predicted molar refractivity (Wildman–Crippen MR) is 69.4 cm³/mol. The Morgan fingerprint density at radius 3 is 2.78 bits per heavy atom. The van der Waals surface area contributed by atoms with Crippen molar-refractivity contribution in [2.24, 2.45) is 5.92 Å². The molecule has 0 aliphatic heterocycles. The molecule has 0 spiro atoms. The summed E-state index contributed by atoms with van der Waals surface area (Å²) in [6.07, 6.45) is 4.33. The number of rotatable bonds is 4. The van der Waals surface area contributed by atoms with Crippen LogP contribution in [-0.2, 0) is 16.6 Å². The van der Waals surface area contributed by atoms with Gasteiger partial charge in [0.25, 0.3) is 0 Å². The van der Waals surface area contributed by atoms with Gasteiger partial charge in [0, 0.05) is 18.8 Å². The van der Waals surface area contributed by atoms with Gasteiger partial charge in [-0.25, -0.2) is 13.1 Å². The highest BCUT2D eigenvalue weighted by atomic mass is 32.2. The molecule has 102 valence electrons. The van der Waals surface area contributed by atoms with Crippen LogP contribution in [0.5, 0.6) is 0 Å². The Kier molecular flexibility index (Phi) is 3.63. The largest absolute Gasteiger partial charge is 0.381 e. The zero-order chi connectivity index (χ0) is 13.3. The van der Waals surface area contributed by atoms with E-state index in [2.05, 4.69) is 16.7 Å². The van der Waals surface area contributed by atoms with Crippen molar-refractivity contribution in [1.82, 2.24) is 14.5 Å². The van der Waals surface area contributed by atoms with Crippen LogP contribution in [0, 0.1) is 5.92 Å². The normalized spacial score (nSPS) is 24.6. The van der Waals surface area contributed by atoms with Crippen LogP contribution in [0.3, 0.4) is 0 Å². The summed E-state index contributed by atoms with van der Waals surface area (Å²) < 4.78 is 28.6. The minimum absolute atomic E-state index is 0.0226. The molecule has 1 saturated carbocycles. The highest BCUT2D eigenvalue weighted by Gasteiger charge is 2.28. The molecule has 1 aliphatic carbocycles. The number of sulfonamides is 1. The van der Waals surface area contributed by atoms with Gasteiger partial charge in [0.2, 0.25) is 10.0 Å². The molecule has 3 N–H and O–H groups in total. The molecule has 0 amide bonds. The van der Waals surface area contributed by atoms with Crippen molar-refractivity contribution in [3.63, 3.8) is 0 Å². The van der Waals surface area contributed by atoms with Crippen LogP contribution in [0.2, 0.25) is 0 Å². The van der Waals surface area contributed by atoms with Crippen LogP contribution < -0.4 is 10.5 Å². The summed E-state index contributed by atoms with van der Waals surface area (Å²) in [6, 6.07) is 0.0226. The van der Waals surface area contributed by atoms with Gasteiger partial charge in [-0.2, -0.15) is 5.10 Å². The molecule has 1 heterocycles. The summed E-state index contributed by atoms with van der Waals surface area (Å²) >= 11 is 0. The number of hydrogen-bond acceptors (Lipinski definition) is 4. The van der Waals surface area contributed by atoms with E-state index in [4.69, 9.17) is 5.73 Å². The maximum Gasteiger partial charge on any atom is 0.246 e. The zero-order valence-electron chi connectivity index (χ0n) is 10.8. The van der Waals surface area contributed by atoms with Gasteiger partial charge in [-0.15, -0.1) is 0 Å². The maximum atomic E-state index is 12.2. The number of nitrogens with two attached hydrogens (primary N) is 1. The molecule has 1 aromatic rings. The fourth-order valence-electron chi connectivity index (χ4n) is 2.38. The van der Waals surface area contributed by atoms with Gasteiger partial charge in [-0.3, -0.25) is 4.68 Å². The van der Waals surface area contributed by atoms with Gasteiger partial charge < -0.3 is 5.73 Å². The molecule has 0 saturated heterocycles. The lowest BCUT2D eigenvalue weighted by molar-refractivity contribution is 0.538. The average Bonchev–Trinajstić information content (AvgIpc) is 2.84. The Morgan fingerprint density at radius 2 is 2.28 bits per heavy atom. The number of nitrogen functional groups attached to an aromatic ring is 1. The number of hydrogen-bond donors (Lipinski definition) is 2. The minimum atomic E-state index is -3.55. The minimum Gasteiger partial charge on any atom is -0.381 e. The molecule has 6 nitrogen and oxygen atoms in total. The number of nitrogens with zero attached hydrogens (tertiary/aromatic N) is 2. The van der Waals surface area contributed by atoms with Crippen molar-refractivity contribution in [1.29, 1.82) is 0 Å². The molecule has 2 rings (SSSR count). The summed E-state index contributed by atoms with van der Waals surface area (Å²) in [4.78, 5) is 0.0869. The van der Waals surface area contributed by atoms with Crippen molar-refractivity contribution in [2.45, 2.75) is 50.6 Å². The molecule has 7 heteroatoms. The Morgan fingerprint density at radius 1 is 1.56 bits per heavy atom. The van der Waals surface area contributed by atoms with E-state index in [0.717, 1.165) is 19.3 Å². The van der Waals surface area contributed by atoms with E-state index >= 15 is 0 Å². The van der Waals surface area contributed by atoms with Crippen LogP contribution in [0.15, 0.2) is 11.1 Å². The van der Waals surface area contributed by atoms with E-state index in [9.17, 15) is 8.42 Å². The van der Waals surface area contributed by atoms with Gasteiger partial charge in [0.1, 0.15) is 4.90 Å². The van der Waals surface area contributed by atoms with E-state index in [1.54, 1.807) is 0 Å². The number of aromatic nitrogens is 2. The molecule has 1 aliphatic rings.